The molecule has 2 rings (SSSR count). The summed E-state index contributed by atoms with van der Waals surface area (Å²) in [7, 11) is 1.31. The Balaban J connectivity index is 2.14. The van der Waals surface area contributed by atoms with Crippen LogP contribution in [0.4, 0.5) is 0 Å². The van der Waals surface area contributed by atoms with E-state index < -0.39 is 12.0 Å². The first-order valence-corrected chi connectivity index (χ1v) is 9.01. The fourth-order valence-electron chi connectivity index (χ4n) is 3.04. The van der Waals surface area contributed by atoms with Crippen LogP contribution in [0.15, 0.2) is 30.3 Å². The molecule has 0 spiro atoms. The maximum atomic E-state index is 12.8. The van der Waals surface area contributed by atoms with Crippen molar-refractivity contribution in [2.45, 2.75) is 43.9 Å². The van der Waals surface area contributed by atoms with Gasteiger partial charge in [0, 0.05) is 12.2 Å². The number of carbonyl (C=O) groups is 3. The highest BCUT2D eigenvalue weighted by Gasteiger charge is 2.34. The van der Waals surface area contributed by atoms with Gasteiger partial charge in [0.1, 0.15) is 0 Å². The molecular weight excluding hydrogens is 326 g/mol. The first-order valence-electron chi connectivity index (χ1n) is 8.13. The molecule has 2 unspecified atom stereocenters. The molecule has 3 atom stereocenters. The fourth-order valence-corrected chi connectivity index (χ4v) is 4.18. The minimum atomic E-state index is -0.825. The lowest BCUT2D eigenvalue weighted by Crippen LogP contribution is -2.42. The van der Waals surface area contributed by atoms with Crippen molar-refractivity contribution in [1.82, 2.24) is 5.32 Å². The Morgan fingerprint density at radius 2 is 1.83 bits per heavy atom. The lowest BCUT2D eigenvalue weighted by Gasteiger charge is -2.30. The number of nitrogens with one attached hydrogen (secondary N) is 1. The summed E-state index contributed by atoms with van der Waals surface area (Å²) in [6, 6.07) is 8.21. The van der Waals surface area contributed by atoms with Gasteiger partial charge in [0.25, 0.3) is 0 Å². The van der Waals surface area contributed by atoms with Crippen molar-refractivity contribution >= 4 is 28.8 Å². The Hall–Kier alpha value is -1.82. The molecule has 1 saturated carbocycles. The Labute approximate surface area is 146 Å². The zero-order valence-corrected chi connectivity index (χ0v) is 14.8. The number of carbonyl (C=O) groups excluding carboxylic acids is 3. The number of benzene rings is 1. The number of rotatable bonds is 5. The topological polar surface area (TPSA) is 72.5 Å². The van der Waals surface area contributed by atoms with Crippen LogP contribution in [0.25, 0.3) is 0 Å². The van der Waals surface area contributed by atoms with Crippen LogP contribution in [0.1, 0.15) is 44.2 Å². The molecule has 1 aliphatic carbocycles. The van der Waals surface area contributed by atoms with Crippen molar-refractivity contribution in [3.05, 3.63) is 35.9 Å². The van der Waals surface area contributed by atoms with Gasteiger partial charge in [-0.05, 0) is 18.4 Å². The van der Waals surface area contributed by atoms with Gasteiger partial charge in [-0.25, -0.2) is 4.79 Å². The Morgan fingerprint density at radius 1 is 1.17 bits per heavy atom. The molecule has 0 radical (unpaired) electrons. The molecule has 0 bridgehead atoms. The predicted molar refractivity (Wildman–Crippen MR) is 93.4 cm³/mol. The van der Waals surface area contributed by atoms with E-state index in [0.717, 1.165) is 25.7 Å². The summed E-state index contributed by atoms with van der Waals surface area (Å²) in [5, 5.41) is 2.82. The summed E-state index contributed by atoms with van der Waals surface area (Å²) in [6.45, 7) is 1.52. The summed E-state index contributed by atoms with van der Waals surface area (Å²) in [6.07, 6.45) is 3.56. The van der Waals surface area contributed by atoms with E-state index in [-0.39, 0.29) is 22.2 Å². The van der Waals surface area contributed by atoms with Crippen molar-refractivity contribution < 1.29 is 19.1 Å². The molecular formula is C18H23NO4S. The van der Waals surface area contributed by atoms with Crippen LogP contribution in [0.5, 0.6) is 0 Å². The molecule has 1 amide bonds. The standard InChI is InChI=1S/C18H23NO4S/c1-12(20)24-15-11-7-6-10-14(15)17(21)19-16(18(22)23-2)13-8-4-3-5-9-13/h3-5,8-9,14-16H,6-7,10-11H2,1-2H3,(H,19,21)/t14?,15?,16-/m1/s1. The van der Waals surface area contributed by atoms with Crippen molar-refractivity contribution in [3.63, 3.8) is 0 Å². The average Bonchev–Trinajstić information content (AvgIpc) is 2.59. The highest BCUT2D eigenvalue weighted by atomic mass is 32.2. The third-order valence-electron chi connectivity index (χ3n) is 4.21. The van der Waals surface area contributed by atoms with Gasteiger partial charge in [-0.1, -0.05) is 54.9 Å². The minimum absolute atomic E-state index is 0.0206. The summed E-state index contributed by atoms with van der Waals surface area (Å²) in [4.78, 5) is 36.3. The van der Waals surface area contributed by atoms with E-state index in [0.29, 0.717) is 5.56 Å². The third-order valence-corrected chi connectivity index (χ3v) is 5.41. The number of thioether (sulfide) groups is 1. The largest absolute Gasteiger partial charge is 0.467 e. The molecule has 24 heavy (non-hydrogen) atoms. The Kier molecular flexibility index (Phi) is 6.85. The molecule has 1 aromatic rings. The van der Waals surface area contributed by atoms with Crippen LogP contribution in [0.2, 0.25) is 0 Å². The number of methoxy groups -OCH3 is 1. The average molecular weight is 349 g/mol. The molecule has 0 aliphatic heterocycles. The second-order valence-electron chi connectivity index (χ2n) is 5.91. The van der Waals surface area contributed by atoms with Gasteiger partial charge in [-0.3, -0.25) is 9.59 Å². The second-order valence-corrected chi connectivity index (χ2v) is 7.33. The maximum Gasteiger partial charge on any atom is 0.333 e. The normalized spacial score (nSPS) is 21.6. The van der Waals surface area contributed by atoms with Crippen molar-refractivity contribution in [1.29, 1.82) is 0 Å². The second kappa shape index (κ2) is 8.87. The van der Waals surface area contributed by atoms with E-state index in [1.165, 1.54) is 25.8 Å². The van der Waals surface area contributed by atoms with Crippen molar-refractivity contribution in [2.24, 2.45) is 5.92 Å². The van der Waals surface area contributed by atoms with E-state index in [4.69, 9.17) is 4.74 Å². The summed E-state index contributed by atoms with van der Waals surface area (Å²) in [5.41, 5.74) is 0.685. The number of amides is 1. The van der Waals surface area contributed by atoms with Crippen molar-refractivity contribution in [3.8, 4) is 0 Å². The molecule has 0 heterocycles. The highest BCUT2D eigenvalue weighted by molar-refractivity contribution is 8.14. The molecule has 0 aromatic heterocycles. The predicted octanol–water partition coefficient (Wildman–Crippen LogP) is 2.86. The van der Waals surface area contributed by atoms with E-state index >= 15 is 0 Å². The fraction of sp³-hybridized carbons (Fsp3) is 0.500. The Bertz CT molecular complexity index is 590. The molecule has 1 fully saturated rings. The SMILES string of the molecule is COC(=O)[C@H](NC(=O)C1CCCCC1SC(C)=O)c1ccccc1. The van der Waals surface area contributed by atoms with Crippen LogP contribution in [0, 0.1) is 5.92 Å². The van der Waals surface area contributed by atoms with Gasteiger partial charge < -0.3 is 10.1 Å². The van der Waals surface area contributed by atoms with Gasteiger partial charge in [0.2, 0.25) is 5.91 Å². The van der Waals surface area contributed by atoms with E-state index in [1.807, 2.05) is 18.2 Å². The molecule has 1 aliphatic rings. The molecule has 0 saturated heterocycles. The molecule has 5 nitrogen and oxygen atoms in total. The first-order chi connectivity index (χ1) is 11.5. The van der Waals surface area contributed by atoms with Gasteiger partial charge in [0.05, 0.1) is 13.0 Å². The molecule has 6 heteroatoms. The minimum Gasteiger partial charge on any atom is -0.467 e. The first kappa shape index (κ1) is 18.5. The molecule has 1 N–H and O–H groups in total. The number of esters is 1. The smallest absolute Gasteiger partial charge is 0.333 e. The van der Waals surface area contributed by atoms with Crippen LogP contribution in [-0.4, -0.2) is 29.4 Å². The van der Waals surface area contributed by atoms with Gasteiger partial charge in [-0.15, -0.1) is 0 Å². The zero-order valence-electron chi connectivity index (χ0n) is 14.0. The van der Waals surface area contributed by atoms with Crippen LogP contribution >= 0.6 is 11.8 Å². The molecule has 1 aromatic carbocycles. The van der Waals surface area contributed by atoms with Gasteiger partial charge in [0.15, 0.2) is 11.2 Å². The number of ether oxygens (including phenoxy) is 1. The van der Waals surface area contributed by atoms with E-state index in [1.54, 1.807) is 12.1 Å². The summed E-state index contributed by atoms with van der Waals surface area (Å²) in [5.74, 6) is -0.947. The maximum absolute atomic E-state index is 12.8. The quantitative estimate of drug-likeness (QED) is 0.828. The van der Waals surface area contributed by atoms with Gasteiger partial charge >= 0.3 is 5.97 Å². The van der Waals surface area contributed by atoms with E-state index in [9.17, 15) is 14.4 Å². The zero-order chi connectivity index (χ0) is 17.5. The molecule has 130 valence electrons. The Morgan fingerprint density at radius 3 is 2.46 bits per heavy atom. The summed E-state index contributed by atoms with van der Waals surface area (Å²) >= 11 is 1.23. The van der Waals surface area contributed by atoms with E-state index in [2.05, 4.69) is 5.32 Å². The van der Waals surface area contributed by atoms with Crippen LogP contribution in [-0.2, 0) is 19.1 Å². The lowest BCUT2D eigenvalue weighted by molar-refractivity contribution is -0.146. The van der Waals surface area contributed by atoms with Crippen molar-refractivity contribution in [2.75, 3.05) is 7.11 Å². The monoisotopic (exact) mass is 349 g/mol. The van der Waals surface area contributed by atoms with Crippen LogP contribution < -0.4 is 5.32 Å². The lowest BCUT2D eigenvalue weighted by atomic mass is 9.87. The summed E-state index contributed by atoms with van der Waals surface area (Å²) < 4.78 is 4.83. The number of hydrogen-bond acceptors (Lipinski definition) is 5. The third kappa shape index (κ3) is 4.84. The van der Waals surface area contributed by atoms with Crippen LogP contribution in [0.3, 0.4) is 0 Å². The highest BCUT2D eigenvalue weighted by Crippen LogP contribution is 2.34. The van der Waals surface area contributed by atoms with Gasteiger partial charge in [-0.2, -0.15) is 0 Å². The number of hydrogen-bond donors (Lipinski definition) is 1.